The highest BCUT2D eigenvalue weighted by molar-refractivity contribution is 5.98. The highest BCUT2D eigenvalue weighted by atomic mass is 16.5. The third-order valence-corrected chi connectivity index (χ3v) is 3.97. The Labute approximate surface area is 121 Å². The highest BCUT2D eigenvalue weighted by Gasteiger charge is 2.18. The monoisotopic (exact) mass is 275 g/mol. The minimum Gasteiger partial charge on any atom is -0.493 e. The van der Waals surface area contributed by atoms with E-state index in [0.29, 0.717) is 18.5 Å². The van der Waals surface area contributed by atoms with Crippen LogP contribution in [0.1, 0.15) is 43.1 Å². The summed E-state index contributed by atoms with van der Waals surface area (Å²) in [6.07, 6.45) is 2.03. The smallest absolute Gasteiger partial charge is 0.176 e. The van der Waals surface area contributed by atoms with Gasteiger partial charge in [0.25, 0.3) is 0 Å². The zero-order valence-corrected chi connectivity index (χ0v) is 13.0. The first-order valence-corrected chi connectivity index (χ1v) is 7.46. The van der Waals surface area contributed by atoms with Gasteiger partial charge in [-0.25, -0.2) is 0 Å². The number of nitrogens with zero attached hydrogens (tertiary/aromatic N) is 1. The Kier molecular flexibility index (Phi) is 4.81. The van der Waals surface area contributed by atoms with E-state index >= 15 is 0 Å². The molecule has 0 amide bonds. The fourth-order valence-electron chi connectivity index (χ4n) is 2.70. The average Bonchev–Trinajstić information content (AvgIpc) is 2.84. The van der Waals surface area contributed by atoms with Gasteiger partial charge in [0.15, 0.2) is 5.78 Å². The molecule has 1 aliphatic rings. The Morgan fingerprint density at radius 1 is 1.35 bits per heavy atom. The number of ketones is 1. The van der Waals surface area contributed by atoms with Crippen molar-refractivity contribution in [2.24, 2.45) is 5.92 Å². The van der Waals surface area contributed by atoms with Crippen LogP contribution >= 0.6 is 0 Å². The molecular weight excluding hydrogens is 250 g/mol. The maximum Gasteiger partial charge on any atom is 0.176 e. The van der Waals surface area contributed by atoms with Crippen molar-refractivity contribution in [2.45, 2.75) is 39.7 Å². The summed E-state index contributed by atoms with van der Waals surface area (Å²) in [5.74, 6) is 1.78. The molecule has 1 unspecified atom stereocenters. The Balaban J connectivity index is 1.98. The van der Waals surface area contributed by atoms with E-state index in [-0.39, 0.29) is 5.78 Å². The Morgan fingerprint density at radius 2 is 2.10 bits per heavy atom. The number of ether oxygens (including phenoxy) is 1. The molecule has 1 aromatic carbocycles. The topological polar surface area (TPSA) is 29.5 Å². The first-order chi connectivity index (χ1) is 9.47. The lowest BCUT2D eigenvalue weighted by Gasteiger charge is -2.25. The normalized spacial score (nSPS) is 15.3. The Hall–Kier alpha value is -1.35. The molecule has 3 nitrogen and oxygen atoms in total. The van der Waals surface area contributed by atoms with Gasteiger partial charge in [-0.3, -0.25) is 9.69 Å². The van der Waals surface area contributed by atoms with Gasteiger partial charge in [-0.05, 0) is 50.1 Å². The summed E-state index contributed by atoms with van der Waals surface area (Å²) >= 11 is 0. The van der Waals surface area contributed by atoms with Crippen LogP contribution < -0.4 is 4.74 Å². The van der Waals surface area contributed by atoms with Crippen LogP contribution in [0.3, 0.4) is 0 Å². The average molecular weight is 275 g/mol. The zero-order valence-electron chi connectivity index (χ0n) is 13.0. The molecule has 110 valence electrons. The molecule has 3 heteroatoms. The van der Waals surface area contributed by atoms with Crippen molar-refractivity contribution < 1.29 is 9.53 Å². The molecule has 0 saturated heterocycles. The van der Waals surface area contributed by atoms with E-state index in [9.17, 15) is 4.79 Å². The highest BCUT2D eigenvalue weighted by Crippen LogP contribution is 2.26. The van der Waals surface area contributed by atoms with Crippen molar-refractivity contribution in [1.29, 1.82) is 0 Å². The minimum absolute atomic E-state index is 0.192. The van der Waals surface area contributed by atoms with Gasteiger partial charge in [0.1, 0.15) is 5.75 Å². The fraction of sp³-hybridized carbons (Fsp3) is 0.588. The summed E-state index contributed by atoms with van der Waals surface area (Å²) in [5, 5.41) is 0. The predicted octanol–water partition coefficient (Wildman–Crippen LogP) is 3.17. The maximum absolute atomic E-state index is 12.4. The summed E-state index contributed by atoms with van der Waals surface area (Å²) in [6, 6.07) is 6.23. The molecule has 1 aromatic rings. The van der Waals surface area contributed by atoms with Crippen LogP contribution in [0.25, 0.3) is 0 Å². The molecule has 1 aliphatic heterocycles. The van der Waals surface area contributed by atoms with Crippen LogP contribution in [0.5, 0.6) is 5.75 Å². The summed E-state index contributed by atoms with van der Waals surface area (Å²) in [4.78, 5) is 14.5. The lowest BCUT2D eigenvalue weighted by molar-refractivity contribution is 0.0916. The van der Waals surface area contributed by atoms with E-state index in [2.05, 4.69) is 25.7 Å². The molecule has 0 fully saturated rings. The molecule has 0 aliphatic carbocycles. The van der Waals surface area contributed by atoms with Crippen LogP contribution in [0.2, 0.25) is 0 Å². The molecule has 1 heterocycles. The van der Waals surface area contributed by atoms with E-state index in [1.165, 1.54) is 0 Å². The van der Waals surface area contributed by atoms with E-state index in [0.717, 1.165) is 36.3 Å². The predicted molar refractivity (Wildman–Crippen MR) is 81.5 cm³/mol. The third kappa shape index (κ3) is 3.60. The molecule has 0 bridgehead atoms. The molecule has 0 radical (unpaired) electrons. The van der Waals surface area contributed by atoms with Crippen molar-refractivity contribution in [2.75, 3.05) is 20.2 Å². The number of rotatable bonds is 6. The third-order valence-electron chi connectivity index (χ3n) is 3.97. The number of carbonyl (C=O) groups is 1. The van der Waals surface area contributed by atoms with Gasteiger partial charge in [-0.15, -0.1) is 0 Å². The van der Waals surface area contributed by atoms with Crippen LogP contribution in [0.4, 0.5) is 0 Å². The zero-order chi connectivity index (χ0) is 14.7. The first-order valence-electron chi connectivity index (χ1n) is 7.46. The number of hydrogen-bond acceptors (Lipinski definition) is 3. The molecule has 0 saturated carbocycles. The second kappa shape index (κ2) is 6.40. The number of hydrogen-bond donors (Lipinski definition) is 0. The number of Topliss-reactive ketones (excluding diaryl/α,β-unsaturated/α-hetero) is 1. The summed E-state index contributed by atoms with van der Waals surface area (Å²) in [5.41, 5.74) is 1.96. The van der Waals surface area contributed by atoms with Crippen LogP contribution in [-0.4, -0.2) is 36.9 Å². The van der Waals surface area contributed by atoms with E-state index in [1.54, 1.807) is 0 Å². The van der Waals surface area contributed by atoms with Gasteiger partial charge in [0.05, 0.1) is 13.2 Å². The number of benzene rings is 1. The number of fused-ring (bicyclic) bond motifs is 1. The lowest BCUT2D eigenvalue weighted by Crippen LogP contribution is -2.34. The van der Waals surface area contributed by atoms with Crippen LogP contribution in [0.15, 0.2) is 18.2 Å². The van der Waals surface area contributed by atoms with Gasteiger partial charge >= 0.3 is 0 Å². The SMILES string of the molecule is CC(C)CC(C)N(C)CC(=O)c1ccc2c(c1)CCO2. The fourth-order valence-corrected chi connectivity index (χ4v) is 2.70. The van der Waals surface area contributed by atoms with Crippen molar-refractivity contribution in [3.8, 4) is 5.75 Å². The maximum atomic E-state index is 12.4. The largest absolute Gasteiger partial charge is 0.493 e. The Morgan fingerprint density at radius 3 is 2.80 bits per heavy atom. The number of likely N-dealkylation sites (N-methyl/N-ethyl adjacent to an activating group) is 1. The summed E-state index contributed by atoms with van der Waals surface area (Å²) in [7, 11) is 2.03. The van der Waals surface area contributed by atoms with Gasteiger partial charge in [-0.1, -0.05) is 13.8 Å². The molecule has 20 heavy (non-hydrogen) atoms. The van der Waals surface area contributed by atoms with Gasteiger partial charge < -0.3 is 4.74 Å². The summed E-state index contributed by atoms with van der Waals surface area (Å²) in [6.45, 7) is 7.83. The lowest BCUT2D eigenvalue weighted by atomic mass is 10.0. The second-order valence-corrected chi connectivity index (χ2v) is 6.24. The minimum atomic E-state index is 0.192. The second-order valence-electron chi connectivity index (χ2n) is 6.24. The van der Waals surface area contributed by atoms with Gasteiger partial charge in [0, 0.05) is 18.0 Å². The first kappa shape index (κ1) is 15.0. The van der Waals surface area contributed by atoms with Gasteiger partial charge in [0.2, 0.25) is 0 Å². The molecule has 0 aromatic heterocycles. The van der Waals surface area contributed by atoms with E-state index in [1.807, 2.05) is 25.2 Å². The van der Waals surface area contributed by atoms with Gasteiger partial charge in [-0.2, -0.15) is 0 Å². The Bertz CT molecular complexity index is 482. The van der Waals surface area contributed by atoms with Crippen LogP contribution in [-0.2, 0) is 6.42 Å². The molecular formula is C17H25NO2. The van der Waals surface area contributed by atoms with Crippen molar-refractivity contribution >= 4 is 5.78 Å². The standard InChI is InChI=1S/C17H25NO2/c1-12(2)9-13(3)18(4)11-16(19)14-5-6-17-15(10-14)7-8-20-17/h5-6,10,12-13H,7-9,11H2,1-4H3. The molecule has 2 rings (SSSR count). The van der Waals surface area contributed by atoms with Crippen molar-refractivity contribution in [1.82, 2.24) is 4.90 Å². The van der Waals surface area contributed by atoms with Crippen molar-refractivity contribution in [3.63, 3.8) is 0 Å². The van der Waals surface area contributed by atoms with Crippen LogP contribution in [0, 0.1) is 5.92 Å². The van der Waals surface area contributed by atoms with E-state index < -0.39 is 0 Å². The number of carbonyl (C=O) groups excluding carboxylic acids is 1. The molecule has 0 spiro atoms. The molecule has 0 N–H and O–H groups in total. The summed E-state index contributed by atoms with van der Waals surface area (Å²) < 4.78 is 5.47. The van der Waals surface area contributed by atoms with E-state index in [4.69, 9.17) is 4.74 Å². The van der Waals surface area contributed by atoms with Crippen molar-refractivity contribution in [3.05, 3.63) is 29.3 Å². The molecule has 1 atom stereocenters. The quantitative estimate of drug-likeness (QED) is 0.747.